The van der Waals surface area contributed by atoms with E-state index in [-0.39, 0.29) is 0 Å². The number of fused-ring (bicyclic) bond motifs is 1. The molecule has 0 radical (unpaired) electrons. The van der Waals surface area contributed by atoms with Crippen molar-refractivity contribution in [2.45, 2.75) is 6.10 Å². The summed E-state index contributed by atoms with van der Waals surface area (Å²) in [5.74, 6) is 5.88. The molecule has 1 nitrogen and oxygen atoms in total. The molecule has 0 aromatic heterocycles. The van der Waals surface area contributed by atoms with Crippen LogP contribution < -0.4 is 0 Å². The zero-order valence-corrected chi connectivity index (χ0v) is 11.0. The number of aliphatic hydroxyl groups is 1. The minimum absolute atomic E-state index is 0.764. The molecule has 20 heavy (non-hydrogen) atoms. The van der Waals surface area contributed by atoms with E-state index in [1.165, 1.54) is 5.39 Å². The number of benzene rings is 3. The molecular weight excluding hydrogens is 244 g/mol. The van der Waals surface area contributed by atoms with E-state index >= 15 is 0 Å². The lowest BCUT2D eigenvalue weighted by molar-refractivity contribution is 0.238. The highest BCUT2D eigenvalue weighted by Gasteiger charge is 2.04. The summed E-state index contributed by atoms with van der Waals surface area (Å²) in [5, 5.41) is 12.5. The molecule has 0 saturated heterocycles. The molecule has 0 aliphatic carbocycles. The lowest BCUT2D eigenvalue weighted by Crippen LogP contribution is -1.93. The summed E-state index contributed by atoms with van der Waals surface area (Å²) in [6.07, 6.45) is -0.764. The lowest BCUT2D eigenvalue weighted by Gasteiger charge is -2.05. The summed E-state index contributed by atoms with van der Waals surface area (Å²) >= 11 is 0. The summed E-state index contributed by atoms with van der Waals surface area (Å²) in [5.41, 5.74) is 1.74. The van der Waals surface area contributed by atoms with E-state index in [4.69, 9.17) is 0 Å². The number of aliphatic hydroxyl groups excluding tert-OH is 1. The molecule has 1 atom stereocenters. The van der Waals surface area contributed by atoms with Gasteiger partial charge in [0, 0.05) is 5.56 Å². The van der Waals surface area contributed by atoms with Crippen molar-refractivity contribution < 1.29 is 5.11 Å². The molecule has 0 heterocycles. The number of rotatable bonds is 1. The van der Waals surface area contributed by atoms with Crippen LogP contribution in [-0.4, -0.2) is 5.11 Å². The Hall–Kier alpha value is -2.56. The molecule has 1 heteroatoms. The Morgan fingerprint density at radius 2 is 1.45 bits per heavy atom. The Morgan fingerprint density at radius 1 is 0.750 bits per heavy atom. The highest BCUT2D eigenvalue weighted by molar-refractivity contribution is 5.83. The summed E-state index contributed by atoms with van der Waals surface area (Å²) in [4.78, 5) is 0. The van der Waals surface area contributed by atoms with E-state index in [2.05, 4.69) is 17.9 Å². The first-order valence-electron chi connectivity index (χ1n) is 6.56. The van der Waals surface area contributed by atoms with Crippen molar-refractivity contribution in [3.8, 4) is 11.8 Å². The van der Waals surface area contributed by atoms with Crippen molar-refractivity contribution in [1.29, 1.82) is 0 Å². The van der Waals surface area contributed by atoms with Gasteiger partial charge in [0.2, 0.25) is 0 Å². The van der Waals surface area contributed by atoms with Crippen molar-refractivity contribution in [2.24, 2.45) is 0 Å². The minimum atomic E-state index is -0.764. The second kappa shape index (κ2) is 5.61. The highest BCUT2D eigenvalue weighted by atomic mass is 16.3. The molecule has 0 fully saturated rings. The Labute approximate surface area is 118 Å². The Bertz CT molecular complexity index is 779. The molecule has 0 saturated carbocycles. The van der Waals surface area contributed by atoms with Gasteiger partial charge in [0.15, 0.2) is 0 Å². The quantitative estimate of drug-likeness (QED) is 0.656. The number of hydrogen-bond acceptors (Lipinski definition) is 1. The molecule has 0 spiro atoms. The van der Waals surface area contributed by atoms with Crippen LogP contribution in [0, 0.1) is 11.8 Å². The summed E-state index contributed by atoms with van der Waals surface area (Å²) in [6.45, 7) is 0. The van der Waals surface area contributed by atoms with Crippen LogP contribution >= 0.6 is 0 Å². The van der Waals surface area contributed by atoms with Gasteiger partial charge in [-0.1, -0.05) is 66.4 Å². The van der Waals surface area contributed by atoms with Gasteiger partial charge in [-0.25, -0.2) is 0 Å². The molecule has 0 unspecified atom stereocenters. The predicted molar refractivity (Wildman–Crippen MR) is 82.2 cm³/mol. The second-order valence-electron chi connectivity index (χ2n) is 4.64. The van der Waals surface area contributed by atoms with Gasteiger partial charge in [-0.15, -0.1) is 0 Å². The van der Waals surface area contributed by atoms with Crippen molar-refractivity contribution in [1.82, 2.24) is 0 Å². The van der Waals surface area contributed by atoms with Crippen LogP contribution in [0.4, 0.5) is 0 Å². The van der Waals surface area contributed by atoms with Crippen LogP contribution in [0.1, 0.15) is 17.2 Å². The minimum Gasteiger partial charge on any atom is -0.376 e. The third-order valence-electron chi connectivity index (χ3n) is 3.22. The zero-order valence-electron chi connectivity index (χ0n) is 11.0. The summed E-state index contributed by atoms with van der Waals surface area (Å²) in [7, 11) is 0. The second-order valence-corrected chi connectivity index (χ2v) is 4.64. The average molecular weight is 258 g/mol. The van der Waals surface area contributed by atoms with Gasteiger partial charge in [-0.05, 0) is 34.5 Å². The van der Waals surface area contributed by atoms with Crippen LogP contribution in [-0.2, 0) is 0 Å². The van der Waals surface area contributed by atoms with Crippen LogP contribution in [0.2, 0.25) is 0 Å². The predicted octanol–water partition coefficient (Wildman–Crippen LogP) is 3.92. The van der Waals surface area contributed by atoms with Gasteiger partial charge in [-0.3, -0.25) is 0 Å². The van der Waals surface area contributed by atoms with E-state index < -0.39 is 6.10 Å². The van der Waals surface area contributed by atoms with E-state index in [0.717, 1.165) is 16.5 Å². The molecular formula is C19H14O. The first-order valence-corrected chi connectivity index (χ1v) is 6.56. The van der Waals surface area contributed by atoms with Gasteiger partial charge in [0.25, 0.3) is 0 Å². The molecule has 0 bridgehead atoms. The Balaban J connectivity index is 1.89. The first-order chi connectivity index (χ1) is 9.83. The largest absolute Gasteiger partial charge is 0.376 e. The van der Waals surface area contributed by atoms with Gasteiger partial charge in [-0.2, -0.15) is 0 Å². The molecule has 96 valence electrons. The normalized spacial score (nSPS) is 11.7. The van der Waals surface area contributed by atoms with Crippen LogP contribution in [0.5, 0.6) is 0 Å². The number of hydrogen-bond donors (Lipinski definition) is 1. The highest BCUT2D eigenvalue weighted by Crippen LogP contribution is 2.20. The lowest BCUT2D eigenvalue weighted by atomic mass is 10.0. The molecule has 0 amide bonds. The molecule has 0 aliphatic rings. The molecule has 1 N–H and O–H groups in total. The third-order valence-corrected chi connectivity index (χ3v) is 3.22. The maximum atomic E-state index is 10.2. The molecule has 3 rings (SSSR count). The van der Waals surface area contributed by atoms with Crippen molar-refractivity contribution in [3.05, 3.63) is 83.9 Å². The van der Waals surface area contributed by atoms with E-state index in [1.54, 1.807) is 0 Å². The maximum Gasteiger partial charge on any atom is 0.140 e. The Kier molecular flexibility index (Phi) is 3.50. The Morgan fingerprint density at radius 3 is 2.25 bits per heavy atom. The van der Waals surface area contributed by atoms with E-state index in [9.17, 15) is 5.11 Å². The van der Waals surface area contributed by atoms with Gasteiger partial charge >= 0.3 is 0 Å². The van der Waals surface area contributed by atoms with Crippen molar-refractivity contribution >= 4 is 10.8 Å². The van der Waals surface area contributed by atoms with E-state index in [1.807, 2.05) is 66.7 Å². The molecule has 3 aromatic carbocycles. The topological polar surface area (TPSA) is 20.2 Å². The standard InChI is InChI=1S/C19H14O/c20-19(13-10-15-6-2-1-3-7-15)18-12-11-16-8-4-5-9-17(16)14-18/h1-9,11-12,14,19-20H/t19-/m1/s1. The van der Waals surface area contributed by atoms with Crippen molar-refractivity contribution in [2.75, 3.05) is 0 Å². The SMILES string of the molecule is O[C@H](C#Cc1ccccc1)c1ccc2ccccc2c1. The van der Waals surface area contributed by atoms with Crippen molar-refractivity contribution in [3.63, 3.8) is 0 Å². The average Bonchev–Trinajstić information content (AvgIpc) is 2.53. The van der Waals surface area contributed by atoms with Gasteiger partial charge in [0.05, 0.1) is 0 Å². The third kappa shape index (κ3) is 2.71. The van der Waals surface area contributed by atoms with Gasteiger partial charge in [0.1, 0.15) is 6.10 Å². The van der Waals surface area contributed by atoms with E-state index in [0.29, 0.717) is 0 Å². The smallest absolute Gasteiger partial charge is 0.140 e. The maximum absolute atomic E-state index is 10.2. The monoisotopic (exact) mass is 258 g/mol. The summed E-state index contributed by atoms with van der Waals surface area (Å²) < 4.78 is 0. The fraction of sp³-hybridized carbons (Fsp3) is 0.0526. The molecule has 3 aromatic rings. The fourth-order valence-electron chi connectivity index (χ4n) is 2.13. The summed E-state index contributed by atoms with van der Waals surface area (Å²) in [6, 6.07) is 23.7. The molecule has 0 aliphatic heterocycles. The van der Waals surface area contributed by atoms with Crippen LogP contribution in [0.15, 0.2) is 72.8 Å². The first kappa shape index (κ1) is 12.5. The van der Waals surface area contributed by atoms with Gasteiger partial charge < -0.3 is 5.11 Å². The van der Waals surface area contributed by atoms with Crippen LogP contribution in [0.3, 0.4) is 0 Å². The zero-order chi connectivity index (χ0) is 13.8. The fourth-order valence-corrected chi connectivity index (χ4v) is 2.13. The van der Waals surface area contributed by atoms with Crippen LogP contribution in [0.25, 0.3) is 10.8 Å².